The van der Waals surface area contributed by atoms with E-state index in [2.05, 4.69) is 0 Å². The van der Waals surface area contributed by atoms with Gasteiger partial charge in [-0.3, -0.25) is 0 Å². The van der Waals surface area contributed by atoms with Crippen LogP contribution in [-0.4, -0.2) is 12.2 Å². The van der Waals surface area contributed by atoms with Crippen molar-refractivity contribution in [3.05, 3.63) is 34.9 Å². The lowest BCUT2D eigenvalue weighted by atomic mass is 9.92. The van der Waals surface area contributed by atoms with Gasteiger partial charge in [0.1, 0.15) is 11.6 Å². The van der Waals surface area contributed by atoms with Crippen molar-refractivity contribution < 1.29 is 13.5 Å². The van der Waals surface area contributed by atoms with Crippen molar-refractivity contribution >= 4 is 11.6 Å². The third-order valence-electron chi connectivity index (χ3n) is 3.34. The molecule has 0 N–H and O–H groups in total. The second-order valence-corrected chi connectivity index (χ2v) is 5.19. The summed E-state index contributed by atoms with van der Waals surface area (Å²) >= 11 is 6.25. The highest BCUT2D eigenvalue weighted by atomic mass is 35.5. The van der Waals surface area contributed by atoms with Gasteiger partial charge in [0.2, 0.25) is 0 Å². The minimum Gasteiger partial charge on any atom is -0.373 e. The first kappa shape index (κ1) is 12.8. The lowest BCUT2D eigenvalue weighted by Crippen LogP contribution is -2.29. The summed E-state index contributed by atoms with van der Waals surface area (Å²) in [5.41, 5.74) is -0.142. The van der Waals surface area contributed by atoms with Crippen LogP contribution >= 0.6 is 11.6 Å². The average molecular weight is 261 g/mol. The van der Waals surface area contributed by atoms with Crippen molar-refractivity contribution in [2.75, 3.05) is 6.61 Å². The standard InChI is InChI=1S/C13H15ClF2O/c1-8-6-11(16)9(7-10(8)15)12(14)13(2)4-3-5-17-13/h6-7,12H,3-5H2,1-2H3. The number of ether oxygens (including phenoxy) is 1. The van der Waals surface area contributed by atoms with E-state index in [4.69, 9.17) is 16.3 Å². The Hall–Kier alpha value is -0.670. The van der Waals surface area contributed by atoms with Crippen LogP contribution in [-0.2, 0) is 4.74 Å². The minimum atomic E-state index is -0.667. The summed E-state index contributed by atoms with van der Waals surface area (Å²) in [6.07, 6.45) is 1.66. The SMILES string of the molecule is Cc1cc(F)c(C(Cl)C2(C)CCCO2)cc1F. The molecule has 1 aliphatic rings. The molecule has 0 aromatic heterocycles. The summed E-state index contributed by atoms with van der Waals surface area (Å²) in [4.78, 5) is 0. The Morgan fingerprint density at radius 1 is 1.35 bits per heavy atom. The van der Waals surface area contributed by atoms with E-state index < -0.39 is 22.6 Å². The van der Waals surface area contributed by atoms with Crippen LogP contribution in [0, 0.1) is 18.6 Å². The van der Waals surface area contributed by atoms with Crippen molar-refractivity contribution in [2.45, 2.75) is 37.7 Å². The van der Waals surface area contributed by atoms with Gasteiger partial charge in [0.25, 0.3) is 0 Å². The van der Waals surface area contributed by atoms with Crippen LogP contribution < -0.4 is 0 Å². The molecule has 0 aliphatic carbocycles. The molecule has 2 rings (SSSR count). The minimum absolute atomic E-state index is 0.180. The Morgan fingerprint density at radius 2 is 2.06 bits per heavy atom. The van der Waals surface area contributed by atoms with Crippen LogP contribution in [0.2, 0.25) is 0 Å². The van der Waals surface area contributed by atoms with Crippen LogP contribution in [0.4, 0.5) is 8.78 Å². The second kappa shape index (κ2) is 4.54. The average Bonchev–Trinajstić information content (AvgIpc) is 2.71. The van der Waals surface area contributed by atoms with Gasteiger partial charge in [-0.1, -0.05) is 0 Å². The van der Waals surface area contributed by atoms with E-state index in [9.17, 15) is 8.78 Å². The van der Waals surface area contributed by atoms with Crippen molar-refractivity contribution in [1.29, 1.82) is 0 Å². The predicted molar refractivity (Wildman–Crippen MR) is 63.3 cm³/mol. The molecule has 4 heteroatoms. The van der Waals surface area contributed by atoms with E-state index in [1.807, 2.05) is 6.92 Å². The fraction of sp³-hybridized carbons (Fsp3) is 0.538. The third-order valence-corrected chi connectivity index (χ3v) is 4.03. The number of halogens is 3. The lowest BCUT2D eigenvalue weighted by Gasteiger charge is -2.29. The highest BCUT2D eigenvalue weighted by Crippen LogP contribution is 2.42. The Kier molecular flexibility index (Phi) is 3.41. The van der Waals surface area contributed by atoms with E-state index in [0.29, 0.717) is 6.61 Å². The van der Waals surface area contributed by atoms with Crippen LogP contribution in [0.5, 0.6) is 0 Å². The summed E-state index contributed by atoms with van der Waals surface area (Å²) in [5, 5.41) is -0.667. The van der Waals surface area contributed by atoms with Crippen molar-refractivity contribution in [3.8, 4) is 0 Å². The smallest absolute Gasteiger partial charge is 0.128 e. The molecule has 1 fully saturated rings. The van der Waals surface area contributed by atoms with Crippen LogP contribution in [0.3, 0.4) is 0 Å². The molecule has 17 heavy (non-hydrogen) atoms. The summed E-state index contributed by atoms with van der Waals surface area (Å²) in [5.74, 6) is -0.908. The Bertz CT molecular complexity index is 428. The van der Waals surface area contributed by atoms with Gasteiger partial charge < -0.3 is 4.74 Å². The maximum absolute atomic E-state index is 13.8. The van der Waals surface area contributed by atoms with E-state index in [1.165, 1.54) is 19.1 Å². The first-order valence-electron chi connectivity index (χ1n) is 5.67. The van der Waals surface area contributed by atoms with Crippen molar-refractivity contribution in [3.63, 3.8) is 0 Å². The summed E-state index contributed by atoms with van der Waals surface area (Å²) < 4.78 is 32.8. The molecule has 0 spiro atoms. The summed E-state index contributed by atoms with van der Waals surface area (Å²) in [6.45, 7) is 3.99. The van der Waals surface area contributed by atoms with E-state index >= 15 is 0 Å². The van der Waals surface area contributed by atoms with E-state index in [1.54, 1.807) is 0 Å². The zero-order chi connectivity index (χ0) is 12.6. The van der Waals surface area contributed by atoms with Gasteiger partial charge in [0.05, 0.1) is 11.0 Å². The molecule has 2 atom stereocenters. The molecule has 0 saturated carbocycles. The number of hydrogen-bond donors (Lipinski definition) is 0. The Balaban J connectivity index is 2.36. The number of benzene rings is 1. The maximum atomic E-state index is 13.8. The van der Waals surface area contributed by atoms with Crippen LogP contribution in [0.1, 0.15) is 36.3 Å². The van der Waals surface area contributed by atoms with Crippen LogP contribution in [0.25, 0.3) is 0 Å². The van der Waals surface area contributed by atoms with Gasteiger partial charge in [-0.2, -0.15) is 0 Å². The second-order valence-electron chi connectivity index (χ2n) is 4.75. The molecule has 0 radical (unpaired) electrons. The number of alkyl halides is 1. The van der Waals surface area contributed by atoms with Gasteiger partial charge >= 0.3 is 0 Å². The maximum Gasteiger partial charge on any atom is 0.128 e. The largest absolute Gasteiger partial charge is 0.373 e. The highest BCUT2D eigenvalue weighted by Gasteiger charge is 2.39. The van der Waals surface area contributed by atoms with Gasteiger partial charge in [-0.25, -0.2) is 8.78 Å². The number of hydrogen-bond acceptors (Lipinski definition) is 1. The Labute approximate surface area is 105 Å². The fourth-order valence-corrected chi connectivity index (χ4v) is 2.52. The van der Waals surface area contributed by atoms with E-state index in [0.717, 1.165) is 12.8 Å². The molecule has 0 amide bonds. The molecule has 0 bridgehead atoms. The van der Waals surface area contributed by atoms with Gasteiger partial charge in [0.15, 0.2) is 0 Å². The molecule has 1 saturated heterocycles. The number of aryl methyl sites for hydroxylation is 1. The van der Waals surface area contributed by atoms with Gasteiger partial charge in [-0.15, -0.1) is 11.6 Å². The lowest BCUT2D eigenvalue weighted by molar-refractivity contribution is 0.0157. The predicted octanol–water partition coefficient (Wildman–Crippen LogP) is 4.12. The normalized spacial score (nSPS) is 26.2. The first-order chi connectivity index (χ1) is 7.94. The Morgan fingerprint density at radius 3 is 2.65 bits per heavy atom. The molecular formula is C13H15ClF2O. The highest BCUT2D eigenvalue weighted by molar-refractivity contribution is 6.21. The zero-order valence-electron chi connectivity index (χ0n) is 9.90. The molecule has 1 aromatic carbocycles. The van der Waals surface area contributed by atoms with E-state index in [-0.39, 0.29) is 11.1 Å². The zero-order valence-corrected chi connectivity index (χ0v) is 10.7. The molecule has 2 unspecified atom stereocenters. The van der Waals surface area contributed by atoms with Crippen molar-refractivity contribution in [2.24, 2.45) is 0 Å². The first-order valence-corrected chi connectivity index (χ1v) is 6.11. The molecule has 1 nitrogen and oxygen atoms in total. The number of rotatable bonds is 2. The topological polar surface area (TPSA) is 9.23 Å². The molecule has 1 aliphatic heterocycles. The fourth-order valence-electron chi connectivity index (χ4n) is 2.19. The quantitative estimate of drug-likeness (QED) is 0.727. The third kappa shape index (κ3) is 2.31. The monoisotopic (exact) mass is 260 g/mol. The molecule has 94 valence electrons. The molecular weight excluding hydrogens is 246 g/mol. The van der Waals surface area contributed by atoms with Gasteiger partial charge in [0, 0.05) is 12.2 Å². The van der Waals surface area contributed by atoms with Gasteiger partial charge in [-0.05, 0) is 44.4 Å². The van der Waals surface area contributed by atoms with Crippen molar-refractivity contribution in [1.82, 2.24) is 0 Å². The summed E-state index contributed by atoms with van der Waals surface area (Å²) in [7, 11) is 0. The summed E-state index contributed by atoms with van der Waals surface area (Å²) in [6, 6.07) is 2.35. The molecule has 1 aromatic rings. The molecule has 1 heterocycles. The van der Waals surface area contributed by atoms with Crippen LogP contribution in [0.15, 0.2) is 12.1 Å².